The molecular weight excluding hydrogens is 385 g/mol. The van der Waals surface area contributed by atoms with E-state index in [2.05, 4.69) is 30.1 Å². The maximum Gasteiger partial charge on any atom is 0.245 e. The number of nitriles is 1. The molecule has 0 bridgehead atoms. The van der Waals surface area contributed by atoms with E-state index < -0.39 is 5.41 Å². The molecule has 0 saturated carbocycles. The smallest absolute Gasteiger partial charge is 0.245 e. The predicted molar refractivity (Wildman–Crippen MR) is 115 cm³/mol. The number of hydrogen-bond acceptors (Lipinski definition) is 4. The monoisotopic (exact) mass is 409 g/mol. The van der Waals surface area contributed by atoms with Gasteiger partial charge in [-0.25, -0.2) is 4.39 Å². The molecule has 1 aliphatic heterocycles. The van der Waals surface area contributed by atoms with Crippen LogP contribution in [-0.2, 0) is 10.2 Å². The summed E-state index contributed by atoms with van der Waals surface area (Å²) >= 11 is 1.48. The lowest BCUT2D eigenvalue weighted by atomic mass is 9.70. The topological polar surface area (TPSA) is 56.1 Å². The fraction of sp³-hybridized carbons (Fsp3) is 0.304. The van der Waals surface area contributed by atoms with E-state index in [0.717, 1.165) is 25.4 Å². The lowest BCUT2D eigenvalue weighted by Gasteiger charge is -2.28. The minimum atomic E-state index is -1.28. The van der Waals surface area contributed by atoms with E-state index >= 15 is 0 Å². The van der Waals surface area contributed by atoms with Gasteiger partial charge in [0.25, 0.3) is 0 Å². The van der Waals surface area contributed by atoms with Gasteiger partial charge in [0.15, 0.2) is 0 Å². The molecule has 6 heteroatoms. The molecule has 1 atom stereocenters. The summed E-state index contributed by atoms with van der Waals surface area (Å²) in [5.74, 6) is 0.0976. The molecule has 2 aromatic carbocycles. The number of rotatable bonds is 8. The lowest BCUT2D eigenvalue weighted by Crippen LogP contribution is -2.39. The normalized spacial score (nSPS) is 18.8. The molecule has 0 saturated heterocycles. The van der Waals surface area contributed by atoms with Gasteiger partial charge in [-0.15, -0.1) is 11.8 Å². The van der Waals surface area contributed by atoms with Crippen LogP contribution in [-0.4, -0.2) is 36.2 Å². The Kier molecular flexibility index (Phi) is 6.73. The van der Waals surface area contributed by atoms with Crippen LogP contribution in [0, 0.1) is 17.1 Å². The second-order valence-electron chi connectivity index (χ2n) is 6.77. The van der Waals surface area contributed by atoms with Crippen LogP contribution in [0.4, 0.5) is 4.39 Å². The van der Waals surface area contributed by atoms with Crippen molar-refractivity contribution >= 4 is 17.7 Å². The molecule has 1 aliphatic rings. The Bertz CT molecular complexity index is 933. The summed E-state index contributed by atoms with van der Waals surface area (Å²) in [5.41, 5.74) is 0.365. The molecule has 1 unspecified atom stereocenters. The van der Waals surface area contributed by atoms with E-state index in [9.17, 15) is 14.4 Å². The zero-order chi connectivity index (χ0) is 20.9. The number of nitrogens with one attached hydrogen (secondary N) is 1. The summed E-state index contributed by atoms with van der Waals surface area (Å²) < 4.78 is 13.6. The fourth-order valence-electron chi connectivity index (χ4n) is 3.71. The second-order valence-corrected chi connectivity index (χ2v) is 7.87. The van der Waals surface area contributed by atoms with Gasteiger partial charge in [0.2, 0.25) is 5.91 Å². The van der Waals surface area contributed by atoms with Crippen molar-refractivity contribution in [3.63, 3.8) is 0 Å². The first-order chi connectivity index (χ1) is 14.1. The fourth-order valence-corrected chi connectivity index (χ4v) is 4.77. The molecule has 3 rings (SSSR count). The summed E-state index contributed by atoms with van der Waals surface area (Å²) in [5, 5.41) is 13.6. The molecule has 0 radical (unpaired) electrons. The number of thioether (sulfide) groups is 1. The van der Waals surface area contributed by atoms with Crippen LogP contribution in [0.3, 0.4) is 0 Å². The zero-order valence-corrected chi connectivity index (χ0v) is 17.4. The van der Waals surface area contributed by atoms with Gasteiger partial charge in [0.05, 0.1) is 16.7 Å². The van der Waals surface area contributed by atoms with E-state index in [-0.39, 0.29) is 11.7 Å². The number of carbonyl (C=O) groups excluding carboxylic acids is 1. The highest BCUT2D eigenvalue weighted by Gasteiger charge is 2.52. The van der Waals surface area contributed by atoms with Gasteiger partial charge in [-0.05, 0) is 36.3 Å². The standard InChI is InChI=1S/C23H24FN3OS/c1-3-27(4-2)14-15-29-21-20(16-25)23(22(28)26-21,17-8-6-5-7-9-17)18-10-12-19(24)13-11-18/h5-13H,3-4,14-15H2,1-2H3,(H,26,28). The van der Waals surface area contributed by atoms with Crippen LogP contribution in [0.25, 0.3) is 0 Å². The maximum absolute atomic E-state index is 13.6. The van der Waals surface area contributed by atoms with E-state index in [4.69, 9.17) is 0 Å². The Balaban J connectivity index is 2.07. The van der Waals surface area contributed by atoms with Crippen molar-refractivity contribution in [2.75, 3.05) is 25.4 Å². The largest absolute Gasteiger partial charge is 0.318 e. The van der Waals surface area contributed by atoms with E-state index in [1.54, 1.807) is 12.1 Å². The van der Waals surface area contributed by atoms with Crippen LogP contribution in [0.2, 0.25) is 0 Å². The highest BCUT2D eigenvalue weighted by molar-refractivity contribution is 8.03. The predicted octanol–water partition coefficient (Wildman–Crippen LogP) is 4.05. The van der Waals surface area contributed by atoms with Gasteiger partial charge in [0, 0.05) is 12.3 Å². The summed E-state index contributed by atoms with van der Waals surface area (Å²) in [6.45, 7) is 7.00. The average Bonchev–Trinajstić information content (AvgIpc) is 3.04. The number of hydrogen-bond donors (Lipinski definition) is 1. The van der Waals surface area contributed by atoms with Gasteiger partial charge in [-0.2, -0.15) is 5.26 Å². The molecule has 0 aliphatic carbocycles. The SMILES string of the molecule is CCN(CC)CCSC1=C(C#N)C(c2ccccc2)(c2ccc(F)cc2)C(=O)N1. The Hall–Kier alpha value is -2.62. The molecule has 150 valence electrons. The molecule has 29 heavy (non-hydrogen) atoms. The third-order valence-electron chi connectivity index (χ3n) is 5.31. The number of amides is 1. The first kappa shape index (κ1) is 21.1. The van der Waals surface area contributed by atoms with Crippen LogP contribution in [0.1, 0.15) is 25.0 Å². The van der Waals surface area contributed by atoms with E-state index in [1.807, 2.05) is 30.3 Å². The van der Waals surface area contributed by atoms with Gasteiger partial charge < -0.3 is 10.2 Å². The summed E-state index contributed by atoms with van der Waals surface area (Å²) in [7, 11) is 0. The minimum Gasteiger partial charge on any atom is -0.318 e. The van der Waals surface area contributed by atoms with E-state index in [0.29, 0.717) is 21.7 Å². The van der Waals surface area contributed by atoms with Crippen LogP contribution < -0.4 is 5.32 Å². The minimum absolute atomic E-state index is 0.280. The quantitative estimate of drug-likeness (QED) is 0.715. The Labute approximate surface area is 175 Å². The van der Waals surface area contributed by atoms with Crippen molar-refractivity contribution in [2.24, 2.45) is 0 Å². The molecule has 1 heterocycles. The molecule has 1 amide bonds. The Morgan fingerprint density at radius 1 is 1.07 bits per heavy atom. The Morgan fingerprint density at radius 3 is 2.28 bits per heavy atom. The third-order valence-corrected chi connectivity index (χ3v) is 6.30. The zero-order valence-electron chi connectivity index (χ0n) is 16.6. The number of carbonyl (C=O) groups is 1. The molecule has 4 nitrogen and oxygen atoms in total. The van der Waals surface area contributed by atoms with Crippen LogP contribution >= 0.6 is 11.8 Å². The van der Waals surface area contributed by atoms with Crippen molar-refractivity contribution in [3.8, 4) is 6.07 Å². The van der Waals surface area contributed by atoms with Gasteiger partial charge >= 0.3 is 0 Å². The highest BCUT2D eigenvalue weighted by Crippen LogP contribution is 2.46. The molecular formula is C23H24FN3OS. The summed E-state index contributed by atoms with van der Waals surface area (Å²) in [6, 6.07) is 17.3. The van der Waals surface area contributed by atoms with Crippen LogP contribution in [0.15, 0.2) is 65.2 Å². The number of halogens is 1. The van der Waals surface area contributed by atoms with Gasteiger partial charge in [0.1, 0.15) is 11.2 Å². The van der Waals surface area contributed by atoms with Crippen molar-refractivity contribution in [2.45, 2.75) is 19.3 Å². The molecule has 2 aromatic rings. The highest BCUT2D eigenvalue weighted by atomic mass is 32.2. The van der Waals surface area contributed by atoms with Crippen molar-refractivity contribution in [1.29, 1.82) is 5.26 Å². The second kappa shape index (κ2) is 9.25. The summed E-state index contributed by atoms with van der Waals surface area (Å²) in [6.07, 6.45) is 0. The van der Waals surface area contributed by atoms with E-state index in [1.165, 1.54) is 23.9 Å². The third kappa shape index (κ3) is 3.93. The molecule has 1 N–H and O–H groups in total. The van der Waals surface area contributed by atoms with Crippen LogP contribution in [0.5, 0.6) is 0 Å². The maximum atomic E-state index is 13.6. The Morgan fingerprint density at radius 2 is 1.69 bits per heavy atom. The average molecular weight is 410 g/mol. The number of nitrogens with zero attached hydrogens (tertiary/aromatic N) is 2. The van der Waals surface area contributed by atoms with Gasteiger partial charge in [-0.1, -0.05) is 56.3 Å². The van der Waals surface area contributed by atoms with Crippen molar-refractivity contribution in [3.05, 3.63) is 82.1 Å². The number of benzene rings is 2. The first-order valence-electron chi connectivity index (χ1n) is 9.70. The molecule has 0 fully saturated rings. The lowest BCUT2D eigenvalue weighted by molar-refractivity contribution is -0.122. The summed E-state index contributed by atoms with van der Waals surface area (Å²) in [4.78, 5) is 15.6. The van der Waals surface area contributed by atoms with Crippen molar-refractivity contribution in [1.82, 2.24) is 10.2 Å². The molecule has 0 aromatic heterocycles. The first-order valence-corrected chi connectivity index (χ1v) is 10.7. The molecule has 0 spiro atoms. The van der Waals surface area contributed by atoms with Crippen molar-refractivity contribution < 1.29 is 9.18 Å². The van der Waals surface area contributed by atoms with Gasteiger partial charge in [-0.3, -0.25) is 4.79 Å².